The number of para-hydroxylation sites is 3. The summed E-state index contributed by atoms with van der Waals surface area (Å²) in [4.78, 5) is 29.6. The summed E-state index contributed by atoms with van der Waals surface area (Å²) < 4.78 is 1.99. The Hall–Kier alpha value is -4.13. The van der Waals surface area contributed by atoms with E-state index in [1.54, 1.807) is 18.5 Å². The molecule has 32 heavy (non-hydrogen) atoms. The van der Waals surface area contributed by atoms with Gasteiger partial charge < -0.3 is 16.0 Å². The van der Waals surface area contributed by atoms with Gasteiger partial charge in [-0.15, -0.1) is 0 Å². The van der Waals surface area contributed by atoms with Crippen molar-refractivity contribution in [2.75, 3.05) is 10.6 Å². The summed E-state index contributed by atoms with van der Waals surface area (Å²) in [6.45, 7) is 3.78. The van der Waals surface area contributed by atoms with E-state index in [-0.39, 0.29) is 11.8 Å². The lowest BCUT2D eigenvalue weighted by atomic mass is 10.0. The van der Waals surface area contributed by atoms with Crippen molar-refractivity contribution in [1.29, 1.82) is 0 Å². The van der Waals surface area contributed by atoms with Gasteiger partial charge in [0.2, 0.25) is 5.91 Å². The number of nitrogens with one attached hydrogen (secondary N) is 3. The summed E-state index contributed by atoms with van der Waals surface area (Å²) in [5.41, 5.74) is 4.19. The van der Waals surface area contributed by atoms with Crippen molar-refractivity contribution in [3.05, 3.63) is 85.2 Å². The maximum atomic E-state index is 12.9. The molecule has 3 aromatic carbocycles. The van der Waals surface area contributed by atoms with Crippen LogP contribution in [0.25, 0.3) is 16.7 Å². The van der Waals surface area contributed by atoms with Gasteiger partial charge in [0.05, 0.1) is 11.0 Å². The molecular weight excluding hydrogens is 402 g/mol. The van der Waals surface area contributed by atoms with E-state index in [0.717, 1.165) is 16.7 Å². The van der Waals surface area contributed by atoms with Gasteiger partial charge in [-0.25, -0.2) is 9.78 Å². The summed E-state index contributed by atoms with van der Waals surface area (Å²) in [5, 5.41) is 8.41. The van der Waals surface area contributed by atoms with E-state index in [0.29, 0.717) is 11.4 Å². The Kier molecular flexibility index (Phi) is 6.17. The number of carbonyl (C=O) groups excluding carboxylic acids is 2. The van der Waals surface area contributed by atoms with Gasteiger partial charge in [0.15, 0.2) is 0 Å². The smallest absolute Gasteiger partial charge is 0.319 e. The van der Waals surface area contributed by atoms with Crippen molar-refractivity contribution in [3.8, 4) is 5.69 Å². The van der Waals surface area contributed by atoms with Crippen LogP contribution in [-0.2, 0) is 4.79 Å². The molecule has 7 nitrogen and oxygen atoms in total. The van der Waals surface area contributed by atoms with Crippen LogP contribution in [-0.4, -0.2) is 27.5 Å². The number of carbonyl (C=O) groups is 2. The second kappa shape index (κ2) is 9.34. The molecule has 0 spiro atoms. The summed E-state index contributed by atoms with van der Waals surface area (Å²) in [7, 11) is 0. The third-order valence-corrected chi connectivity index (χ3v) is 5.13. The van der Waals surface area contributed by atoms with Gasteiger partial charge in [0, 0.05) is 17.1 Å². The van der Waals surface area contributed by atoms with E-state index in [1.165, 1.54) is 0 Å². The standard InChI is InChI=1S/C25H25N5O2/c1-17(2)23(29-25(32)28-18-8-4-3-5-9-18)24(31)27-19-12-14-20(15-13-19)30-16-26-21-10-6-7-11-22(21)30/h3-17,23H,1-2H3,(H,27,31)(H2,28,29,32). The molecule has 1 heterocycles. The Morgan fingerprint density at radius 3 is 2.19 bits per heavy atom. The maximum absolute atomic E-state index is 12.9. The lowest BCUT2D eigenvalue weighted by Crippen LogP contribution is -2.48. The van der Waals surface area contributed by atoms with Crippen LogP contribution >= 0.6 is 0 Å². The highest BCUT2D eigenvalue weighted by Crippen LogP contribution is 2.20. The van der Waals surface area contributed by atoms with Crippen LogP contribution in [0.1, 0.15) is 13.8 Å². The van der Waals surface area contributed by atoms with Crippen LogP contribution in [0.4, 0.5) is 16.2 Å². The van der Waals surface area contributed by atoms with Crippen molar-refractivity contribution in [2.45, 2.75) is 19.9 Å². The van der Waals surface area contributed by atoms with Gasteiger partial charge in [0.25, 0.3) is 0 Å². The van der Waals surface area contributed by atoms with E-state index < -0.39 is 12.1 Å². The number of benzene rings is 3. The Bertz CT molecular complexity index is 1220. The lowest BCUT2D eigenvalue weighted by molar-refractivity contribution is -0.118. The van der Waals surface area contributed by atoms with E-state index in [2.05, 4.69) is 20.9 Å². The zero-order valence-corrected chi connectivity index (χ0v) is 17.9. The fraction of sp³-hybridized carbons (Fsp3) is 0.160. The molecule has 1 atom stereocenters. The zero-order chi connectivity index (χ0) is 22.5. The number of amides is 3. The number of urea groups is 1. The summed E-state index contributed by atoms with van der Waals surface area (Å²) in [6.07, 6.45) is 1.78. The van der Waals surface area contributed by atoms with Gasteiger partial charge in [-0.05, 0) is 54.4 Å². The SMILES string of the molecule is CC(C)C(NC(=O)Nc1ccccc1)C(=O)Nc1ccc(-n2cnc3ccccc32)cc1. The molecule has 7 heteroatoms. The molecule has 3 N–H and O–H groups in total. The Morgan fingerprint density at radius 2 is 1.47 bits per heavy atom. The molecule has 162 valence electrons. The number of fused-ring (bicyclic) bond motifs is 1. The van der Waals surface area contributed by atoms with E-state index >= 15 is 0 Å². The number of nitrogens with zero attached hydrogens (tertiary/aromatic N) is 2. The first-order chi connectivity index (χ1) is 15.5. The minimum absolute atomic E-state index is 0.0897. The highest BCUT2D eigenvalue weighted by Gasteiger charge is 2.24. The summed E-state index contributed by atoms with van der Waals surface area (Å²) in [6, 6.07) is 23.4. The number of aromatic nitrogens is 2. The minimum atomic E-state index is -0.684. The molecule has 3 amide bonds. The van der Waals surface area contributed by atoms with E-state index in [9.17, 15) is 9.59 Å². The average molecular weight is 428 g/mol. The topological polar surface area (TPSA) is 88.0 Å². The number of hydrogen-bond acceptors (Lipinski definition) is 3. The van der Waals surface area contributed by atoms with Crippen molar-refractivity contribution in [2.24, 2.45) is 5.92 Å². The second-order valence-corrected chi connectivity index (χ2v) is 7.83. The molecule has 0 radical (unpaired) electrons. The van der Waals surface area contributed by atoms with Gasteiger partial charge in [0.1, 0.15) is 12.4 Å². The molecule has 0 bridgehead atoms. The largest absolute Gasteiger partial charge is 0.326 e. The van der Waals surface area contributed by atoms with Crippen LogP contribution < -0.4 is 16.0 Å². The normalized spacial score (nSPS) is 11.8. The quantitative estimate of drug-likeness (QED) is 0.413. The van der Waals surface area contributed by atoms with Crippen LogP contribution in [0.15, 0.2) is 85.2 Å². The minimum Gasteiger partial charge on any atom is -0.326 e. The van der Waals surface area contributed by atoms with Crippen molar-refractivity contribution < 1.29 is 9.59 Å². The van der Waals surface area contributed by atoms with E-state index in [1.807, 2.05) is 85.1 Å². The third-order valence-electron chi connectivity index (χ3n) is 5.13. The first-order valence-electron chi connectivity index (χ1n) is 10.5. The van der Waals surface area contributed by atoms with Crippen molar-refractivity contribution >= 4 is 34.3 Å². The molecule has 1 unspecified atom stereocenters. The third kappa shape index (κ3) is 4.78. The lowest BCUT2D eigenvalue weighted by Gasteiger charge is -2.22. The van der Waals surface area contributed by atoms with Gasteiger partial charge in [-0.1, -0.05) is 44.2 Å². The van der Waals surface area contributed by atoms with Crippen LogP contribution in [0.5, 0.6) is 0 Å². The number of hydrogen-bond donors (Lipinski definition) is 3. The predicted octanol–water partition coefficient (Wildman–Crippen LogP) is 4.81. The molecule has 0 aliphatic carbocycles. The van der Waals surface area contributed by atoms with Gasteiger partial charge in [-0.2, -0.15) is 0 Å². The molecule has 0 saturated heterocycles. The average Bonchev–Trinajstić information content (AvgIpc) is 3.22. The Labute approximate surface area is 186 Å². The Morgan fingerprint density at radius 1 is 0.812 bits per heavy atom. The molecule has 0 saturated carbocycles. The molecule has 0 fully saturated rings. The molecular formula is C25H25N5O2. The fourth-order valence-corrected chi connectivity index (χ4v) is 3.46. The summed E-state index contributed by atoms with van der Waals surface area (Å²) >= 11 is 0. The highest BCUT2D eigenvalue weighted by molar-refractivity contribution is 5.99. The van der Waals surface area contributed by atoms with E-state index in [4.69, 9.17) is 0 Å². The van der Waals surface area contributed by atoms with Crippen molar-refractivity contribution in [1.82, 2.24) is 14.9 Å². The predicted molar refractivity (Wildman–Crippen MR) is 127 cm³/mol. The maximum Gasteiger partial charge on any atom is 0.319 e. The first kappa shape index (κ1) is 21.1. The fourth-order valence-electron chi connectivity index (χ4n) is 3.46. The molecule has 0 aliphatic rings. The zero-order valence-electron chi connectivity index (χ0n) is 17.9. The number of anilines is 2. The van der Waals surface area contributed by atoms with Crippen LogP contribution in [0, 0.1) is 5.92 Å². The van der Waals surface area contributed by atoms with Gasteiger partial charge in [-0.3, -0.25) is 9.36 Å². The second-order valence-electron chi connectivity index (χ2n) is 7.83. The molecule has 1 aromatic heterocycles. The van der Waals surface area contributed by atoms with Crippen molar-refractivity contribution in [3.63, 3.8) is 0 Å². The Balaban J connectivity index is 1.42. The summed E-state index contributed by atoms with van der Waals surface area (Å²) in [5.74, 6) is -0.364. The molecule has 4 rings (SSSR count). The first-order valence-corrected chi connectivity index (χ1v) is 10.5. The monoisotopic (exact) mass is 427 g/mol. The van der Waals surface area contributed by atoms with Crippen LogP contribution in [0.2, 0.25) is 0 Å². The highest BCUT2D eigenvalue weighted by atomic mass is 16.2. The number of imidazole rings is 1. The van der Waals surface area contributed by atoms with Crippen LogP contribution in [0.3, 0.4) is 0 Å². The molecule has 4 aromatic rings. The molecule has 0 aliphatic heterocycles. The number of rotatable bonds is 6. The van der Waals surface area contributed by atoms with Gasteiger partial charge >= 0.3 is 6.03 Å².